The molecule has 1 fully saturated rings. The van der Waals surface area contributed by atoms with Crippen molar-refractivity contribution in [2.45, 2.75) is 25.3 Å². The normalized spacial score (nSPS) is 19.1. The Labute approximate surface area is 98.6 Å². The molecule has 0 aromatic carbocycles. The third-order valence-electron chi connectivity index (χ3n) is 2.63. The summed E-state index contributed by atoms with van der Waals surface area (Å²) in [7, 11) is 0. The van der Waals surface area contributed by atoms with Crippen molar-refractivity contribution in [1.82, 2.24) is 5.32 Å². The van der Waals surface area contributed by atoms with Gasteiger partial charge in [0.15, 0.2) is 0 Å². The van der Waals surface area contributed by atoms with E-state index in [4.69, 9.17) is 10.2 Å². The van der Waals surface area contributed by atoms with E-state index in [-0.39, 0.29) is 5.91 Å². The largest absolute Gasteiger partial charge is 0.480 e. The number of aliphatic hydroxyl groups excluding tert-OH is 1. The molecule has 1 amide bonds. The van der Waals surface area contributed by atoms with E-state index in [0.29, 0.717) is 12.3 Å². The van der Waals surface area contributed by atoms with Gasteiger partial charge >= 0.3 is 5.97 Å². The van der Waals surface area contributed by atoms with Crippen molar-refractivity contribution in [3.63, 3.8) is 0 Å². The third-order valence-corrected chi connectivity index (χ3v) is 3.68. The van der Waals surface area contributed by atoms with Crippen molar-refractivity contribution in [2.24, 2.45) is 5.92 Å². The molecule has 1 atom stereocenters. The van der Waals surface area contributed by atoms with E-state index in [1.807, 2.05) is 11.8 Å². The molecule has 0 spiro atoms. The average Bonchev–Trinajstić information content (AvgIpc) is 2.27. The fourth-order valence-corrected chi connectivity index (χ4v) is 2.86. The van der Waals surface area contributed by atoms with Crippen LogP contribution in [0.3, 0.4) is 0 Å². The van der Waals surface area contributed by atoms with E-state index in [1.165, 1.54) is 0 Å². The van der Waals surface area contributed by atoms with E-state index in [2.05, 4.69) is 5.32 Å². The van der Waals surface area contributed by atoms with Crippen LogP contribution in [0.5, 0.6) is 0 Å². The molecule has 1 saturated heterocycles. The summed E-state index contributed by atoms with van der Waals surface area (Å²) in [6, 6.07) is -1.18. The molecular weight excluding hydrogens is 230 g/mol. The zero-order chi connectivity index (χ0) is 12.0. The first-order chi connectivity index (χ1) is 7.63. The molecular formula is C10H17NO4S. The van der Waals surface area contributed by atoms with Gasteiger partial charge in [-0.1, -0.05) is 0 Å². The lowest BCUT2D eigenvalue weighted by atomic mass is 9.98. The van der Waals surface area contributed by atoms with Crippen molar-refractivity contribution in [1.29, 1.82) is 0 Å². The lowest BCUT2D eigenvalue weighted by Crippen LogP contribution is -2.43. The van der Waals surface area contributed by atoms with Crippen LogP contribution in [0.1, 0.15) is 19.3 Å². The third kappa shape index (κ3) is 4.40. The molecule has 0 aromatic heterocycles. The molecule has 0 aromatic rings. The van der Waals surface area contributed by atoms with E-state index < -0.39 is 18.6 Å². The summed E-state index contributed by atoms with van der Waals surface area (Å²) in [6.45, 7) is -0.568. The van der Waals surface area contributed by atoms with Gasteiger partial charge in [-0.2, -0.15) is 11.8 Å². The number of amides is 1. The number of aliphatic carboxylic acids is 1. The molecule has 1 heterocycles. The van der Waals surface area contributed by atoms with Crippen molar-refractivity contribution in [3.05, 3.63) is 0 Å². The van der Waals surface area contributed by atoms with Crippen LogP contribution in [0.2, 0.25) is 0 Å². The molecule has 16 heavy (non-hydrogen) atoms. The first-order valence-corrected chi connectivity index (χ1v) is 6.49. The maximum absolute atomic E-state index is 11.5. The molecule has 0 saturated carbocycles. The molecule has 0 bridgehead atoms. The number of carbonyl (C=O) groups is 2. The minimum atomic E-state index is -1.20. The van der Waals surface area contributed by atoms with Gasteiger partial charge in [-0.3, -0.25) is 4.79 Å². The molecule has 1 aliphatic heterocycles. The summed E-state index contributed by atoms with van der Waals surface area (Å²) in [5.74, 6) is 1.02. The topological polar surface area (TPSA) is 86.6 Å². The lowest BCUT2D eigenvalue weighted by molar-refractivity contribution is -0.143. The second-order valence-corrected chi connectivity index (χ2v) is 5.13. The summed E-state index contributed by atoms with van der Waals surface area (Å²) in [4.78, 5) is 22.1. The smallest absolute Gasteiger partial charge is 0.328 e. The highest BCUT2D eigenvalue weighted by Crippen LogP contribution is 2.25. The van der Waals surface area contributed by atoms with Gasteiger partial charge in [0, 0.05) is 6.42 Å². The molecule has 1 aliphatic rings. The maximum atomic E-state index is 11.5. The molecule has 0 radical (unpaired) electrons. The first-order valence-electron chi connectivity index (χ1n) is 5.34. The number of hydrogen-bond acceptors (Lipinski definition) is 4. The Bertz CT molecular complexity index is 253. The van der Waals surface area contributed by atoms with Crippen molar-refractivity contribution in [3.8, 4) is 0 Å². The van der Waals surface area contributed by atoms with Crippen molar-refractivity contribution in [2.75, 3.05) is 18.1 Å². The van der Waals surface area contributed by atoms with Gasteiger partial charge in [0.05, 0.1) is 6.61 Å². The molecule has 1 rings (SSSR count). The Balaban J connectivity index is 2.31. The number of rotatable bonds is 5. The van der Waals surface area contributed by atoms with Crippen LogP contribution in [0.25, 0.3) is 0 Å². The Morgan fingerprint density at radius 1 is 1.38 bits per heavy atom. The summed E-state index contributed by atoms with van der Waals surface area (Å²) >= 11 is 1.88. The quantitative estimate of drug-likeness (QED) is 0.640. The molecule has 92 valence electrons. The van der Waals surface area contributed by atoms with Crippen LogP contribution < -0.4 is 5.32 Å². The van der Waals surface area contributed by atoms with Gasteiger partial charge in [-0.15, -0.1) is 0 Å². The summed E-state index contributed by atoms with van der Waals surface area (Å²) < 4.78 is 0. The van der Waals surface area contributed by atoms with Crippen LogP contribution in [0.4, 0.5) is 0 Å². The Kier molecular flexibility index (Phi) is 5.62. The zero-order valence-corrected chi connectivity index (χ0v) is 9.83. The highest BCUT2D eigenvalue weighted by atomic mass is 32.2. The van der Waals surface area contributed by atoms with Crippen LogP contribution in [0, 0.1) is 5.92 Å². The molecule has 3 N–H and O–H groups in total. The number of thioether (sulfide) groups is 1. The van der Waals surface area contributed by atoms with Gasteiger partial charge < -0.3 is 15.5 Å². The monoisotopic (exact) mass is 247 g/mol. The SMILES string of the molecule is O=C(CC1CCSCC1)N[C@H](CO)C(=O)O. The highest BCUT2D eigenvalue weighted by molar-refractivity contribution is 7.99. The number of aliphatic hydroxyl groups is 1. The Morgan fingerprint density at radius 2 is 2.00 bits per heavy atom. The van der Waals surface area contributed by atoms with Crippen LogP contribution in [-0.2, 0) is 9.59 Å². The number of carboxylic acids is 1. The van der Waals surface area contributed by atoms with E-state index in [1.54, 1.807) is 0 Å². The number of carbonyl (C=O) groups excluding carboxylic acids is 1. The van der Waals surface area contributed by atoms with E-state index in [0.717, 1.165) is 24.3 Å². The average molecular weight is 247 g/mol. The number of carboxylic acid groups (broad SMARTS) is 1. The molecule has 5 nitrogen and oxygen atoms in total. The highest BCUT2D eigenvalue weighted by Gasteiger charge is 2.22. The predicted molar refractivity (Wildman–Crippen MR) is 61.3 cm³/mol. The lowest BCUT2D eigenvalue weighted by Gasteiger charge is -2.21. The minimum Gasteiger partial charge on any atom is -0.480 e. The van der Waals surface area contributed by atoms with Gasteiger partial charge in [0.1, 0.15) is 6.04 Å². The second kappa shape index (κ2) is 6.75. The van der Waals surface area contributed by atoms with Crippen LogP contribution in [-0.4, -0.2) is 46.2 Å². The van der Waals surface area contributed by atoms with Gasteiger partial charge in [0.25, 0.3) is 0 Å². The van der Waals surface area contributed by atoms with Crippen LogP contribution in [0.15, 0.2) is 0 Å². The number of nitrogens with one attached hydrogen (secondary N) is 1. The van der Waals surface area contributed by atoms with Gasteiger partial charge in [-0.25, -0.2) is 4.79 Å². The van der Waals surface area contributed by atoms with E-state index in [9.17, 15) is 9.59 Å². The predicted octanol–water partition coefficient (Wildman–Crippen LogP) is 0.0814. The summed E-state index contributed by atoms with van der Waals surface area (Å²) in [6.07, 6.45) is 2.38. The zero-order valence-electron chi connectivity index (χ0n) is 9.02. The summed E-state index contributed by atoms with van der Waals surface area (Å²) in [5, 5.41) is 19.7. The molecule has 6 heteroatoms. The molecule has 0 unspecified atom stereocenters. The summed E-state index contributed by atoms with van der Waals surface area (Å²) in [5.41, 5.74) is 0. The second-order valence-electron chi connectivity index (χ2n) is 3.90. The fraction of sp³-hybridized carbons (Fsp3) is 0.800. The first kappa shape index (κ1) is 13.3. The van der Waals surface area contributed by atoms with Crippen molar-refractivity contribution >= 4 is 23.6 Å². The van der Waals surface area contributed by atoms with Crippen LogP contribution >= 0.6 is 11.8 Å². The maximum Gasteiger partial charge on any atom is 0.328 e. The Morgan fingerprint density at radius 3 is 2.50 bits per heavy atom. The fourth-order valence-electron chi connectivity index (χ4n) is 1.65. The molecule has 0 aliphatic carbocycles. The van der Waals surface area contributed by atoms with Gasteiger partial charge in [0.2, 0.25) is 5.91 Å². The standard InChI is InChI=1S/C10H17NO4S/c12-6-8(10(14)15)11-9(13)5-7-1-3-16-4-2-7/h7-8,12H,1-6H2,(H,11,13)(H,14,15)/t8-/m1/s1. The van der Waals surface area contributed by atoms with Crippen molar-refractivity contribution < 1.29 is 19.8 Å². The van der Waals surface area contributed by atoms with Gasteiger partial charge in [-0.05, 0) is 30.3 Å². The van der Waals surface area contributed by atoms with E-state index >= 15 is 0 Å². The Hall–Kier alpha value is -0.750. The minimum absolute atomic E-state index is 0.279. The number of hydrogen-bond donors (Lipinski definition) is 3.